The van der Waals surface area contributed by atoms with Crippen molar-refractivity contribution < 1.29 is 4.79 Å². The molecule has 0 aromatic carbocycles. The van der Waals surface area contributed by atoms with Crippen molar-refractivity contribution in [2.75, 3.05) is 13.1 Å². The van der Waals surface area contributed by atoms with Gasteiger partial charge < -0.3 is 10.6 Å². The van der Waals surface area contributed by atoms with E-state index in [0.29, 0.717) is 17.4 Å². The molecule has 0 aromatic heterocycles. The van der Waals surface area contributed by atoms with Crippen LogP contribution in [0.4, 0.5) is 0 Å². The van der Waals surface area contributed by atoms with Crippen molar-refractivity contribution in [1.82, 2.24) is 10.6 Å². The predicted molar refractivity (Wildman–Crippen MR) is 79.5 cm³/mol. The van der Waals surface area contributed by atoms with Crippen LogP contribution in [0, 0.1) is 17.3 Å². The van der Waals surface area contributed by atoms with E-state index in [0.717, 1.165) is 31.8 Å². The van der Waals surface area contributed by atoms with E-state index in [-0.39, 0.29) is 18.3 Å². The molecule has 1 aliphatic heterocycles. The standard InChI is InChI=1S/C15H26N2O.ClH/c1-11-9-12(5-8-16-11)14(18)17-10-15(6-2-7-15)13-3-4-13;/h11-13,16H,2-10H2,1H3,(H,17,18);1H/t11-,12-;/m0./s1. The number of piperidine rings is 1. The number of rotatable bonds is 4. The Balaban J connectivity index is 0.00000133. The van der Waals surface area contributed by atoms with Crippen LogP contribution in [0.15, 0.2) is 0 Å². The van der Waals surface area contributed by atoms with E-state index < -0.39 is 0 Å². The second-order valence-electron chi connectivity index (χ2n) is 6.78. The van der Waals surface area contributed by atoms with Crippen molar-refractivity contribution in [3.63, 3.8) is 0 Å². The number of hydrogen-bond acceptors (Lipinski definition) is 2. The van der Waals surface area contributed by atoms with E-state index in [4.69, 9.17) is 0 Å². The van der Waals surface area contributed by atoms with Gasteiger partial charge in [-0.25, -0.2) is 0 Å². The molecule has 3 fully saturated rings. The summed E-state index contributed by atoms with van der Waals surface area (Å²) in [5, 5.41) is 6.68. The Morgan fingerprint density at radius 2 is 2.05 bits per heavy atom. The van der Waals surface area contributed by atoms with Crippen molar-refractivity contribution in [3.8, 4) is 0 Å². The molecular weight excluding hydrogens is 260 g/mol. The molecule has 2 atom stereocenters. The molecule has 0 radical (unpaired) electrons. The Kier molecular flexibility index (Phi) is 4.78. The summed E-state index contributed by atoms with van der Waals surface area (Å²) in [5.74, 6) is 1.49. The number of carbonyl (C=O) groups is 1. The van der Waals surface area contributed by atoms with E-state index >= 15 is 0 Å². The first-order valence-electron chi connectivity index (χ1n) is 7.71. The summed E-state index contributed by atoms with van der Waals surface area (Å²) in [4.78, 5) is 12.2. The maximum Gasteiger partial charge on any atom is 0.223 e. The van der Waals surface area contributed by atoms with Gasteiger partial charge in [0.15, 0.2) is 0 Å². The Hall–Kier alpha value is -0.280. The Morgan fingerprint density at radius 1 is 1.32 bits per heavy atom. The van der Waals surface area contributed by atoms with Gasteiger partial charge in [-0.15, -0.1) is 12.4 Å². The Morgan fingerprint density at radius 3 is 2.58 bits per heavy atom. The van der Waals surface area contributed by atoms with Crippen molar-refractivity contribution in [1.29, 1.82) is 0 Å². The fourth-order valence-corrected chi connectivity index (χ4v) is 3.83. The van der Waals surface area contributed by atoms with Crippen molar-refractivity contribution in [2.45, 2.75) is 57.9 Å². The van der Waals surface area contributed by atoms with Gasteiger partial charge in [0.05, 0.1) is 0 Å². The van der Waals surface area contributed by atoms with E-state index in [2.05, 4.69) is 17.6 Å². The van der Waals surface area contributed by atoms with Crippen LogP contribution in [0.1, 0.15) is 51.9 Å². The van der Waals surface area contributed by atoms with Gasteiger partial charge in [0.1, 0.15) is 0 Å². The van der Waals surface area contributed by atoms with Gasteiger partial charge in [0, 0.05) is 18.5 Å². The van der Waals surface area contributed by atoms with E-state index in [9.17, 15) is 4.79 Å². The third-order valence-electron chi connectivity index (χ3n) is 5.40. The zero-order chi connectivity index (χ0) is 12.6. The van der Waals surface area contributed by atoms with E-state index in [1.165, 1.54) is 32.1 Å². The molecule has 0 spiro atoms. The average molecular weight is 287 g/mol. The monoisotopic (exact) mass is 286 g/mol. The highest BCUT2D eigenvalue weighted by Crippen LogP contribution is 2.56. The van der Waals surface area contributed by atoms with Crippen LogP contribution < -0.4 is 10.6 Å². The summed E-state index contributed by atoms with van der Waals surface area (Å²) < 4.78 is 0. The summed E-state index contributed by atoms with van der Waals surface area (Å²) in [6.45, 7) is 4.12. The Labute approximate surface area is 122 Å². The number of amides is 1. The summed E-state index contributed by atoms with van der Waals surface area (Å²) >= 11 is 0. The minimum absolute atomic E-state index is 0. The predicted octanol–water partition coefficient (Wildman–Crippen LogP) is 2.49. The molecule has 3 nitrogen and oxygen atoms in total. The van der Waals surface area contributed by atoms with Crippen molar-refractivity contribution >= 4 is 18.3 Å². The van der Waals surface area contributed by atoms with Crippen LogP contribution in [0.2, 0.25) is 0 Å². The normalized spacial score (nSPS) is 32.9. The van der Waals surface area contributed by atoms with Gasteiger partial charge in [-0.2, -0.15) is 0 Å². The average Bonchev–Trinajstić information content (AvgIpc) is 3.12. The lowest BCUT2D eigenvalue weighted by Gasteiger charge is -2.43. The Bertz CT molecular complexity index is 326. The van der Waals surface area contributed by atoms with Crippen LogP contribution >= 0.6 is 12.4 Å². The van der Waals surface area contributed by atoms with E-state index in [1.54, 1.807) is 0 Å². The quantitative estimate of drug-likeness (QED) is 0.834. The lowest BCUT2D eigenvalue weighted by Crippen LogP contribution is -2.47. The van der Waals surface area contributed by atoms with Crippen LogP contribution in [0.25, 0.3) is 0 Å². The molecule has 0 bridgehead atoms. The van der Waals surface area contributed by atoms with E-state index in [1.807, 2.05) is 0 Å². The zero-order valence-electron chi connectivity index (χ0n) is 11.9. The maximum atomic E-state index is 12.2. The number of halogens is 1. The van der Waals surface area contributed by atoms with Crippen LogP contribution in [-0.2, 0) is 4.79 Å². The molecule has 0 unspecified atom stereocenters. The van der Waals surface area contributed by atoms with Crippen LogP contribution in [-0.4, -0.2) is 25.0 Å². The third-order valence-corrected chi connectivity index (χ3v) is 5.40. The second-order valence-corrected chi connectivity index (χ2v) is 6.78. The zero-order valence-corrected chi connectivity index (χ0v) is 12.7. The third kappa shape index (κ3) is 3.25. The van der Waals surface area contributed by atoms with Crippen molar-refractivity contribution in [2.24, 2.45) is 17.3 Å². The number of carbonyl (C=O) groups excluding carboxylic acids is 1. The molecule has 3 rings (SSSR count). The molecule has 4 heteroatoms. The minimum atomic E-state index is 0. The summed E-state index contributed by atoms with van der Waals surface area (Å²) in [7, 11) is 0. The fraction of sp³-hybridized carbons (Fsp3) is 0.933. The van der Waals surface area contributed by atoms with Gasteiger partial charge in [0.25, 0.3) is 0 Å². The fourth-order valence-electron chi connectivity index (χ4n) is 3.83. The van der Waals surface area contributed by atoms with Gasteiger partial charge in [-0.1, -0.05) is 6.42 Å². The molecule has 2 N–H and O–H groups in total. The minimum Gasteiger partial charge on any atom is -0.355 e. The number of nitrogens with one attached hydrogen (secondary N) is 2. The van der Waals surface area contributed by atoms with Crippen LogP contribution in [0.5, 0.6) is 0 Å². The van der Waals surface area contributed by atoms with Gasteiger partial charge in [-0.05, 0) is 63.3 Å². The second kappa shape index (κ2) is 6.01. The first-order chi connectivity index (χ1) is 8.70. The molecule has 2 saturated carbocycles. The molecule has 1 heterocycles. The summed E-state index contributed by atoms with van der Waals surface area (Å²) in [6.07, 6.45) is 8.88. The lowest BCUT2D eigenvalue weighted by atomic mass is 9.65. The van der Waals surface area contributed by atoms with Crippen molar-refractivity contribution in [3.05, 3.63) is 0 Å². The molecule has 110 valence electrons. The highest BCUT2D eigenvalue weighted by Gasteiger charge is 2.49. The van der Waals surface area contributed by atoms with Gasteiger partial charge in [0.2, 0.25) is 5.91 Å². The largest absolute Gasteiger partial charge is 0.355 e. The van der Waals surface area contributed by atoms with Gasteiger partial charge >= 0.3 is 0 Å². The first-order valence-corrected chi connectivity index (χ1v) is 7.71. The molecule has 1 saturated heterocycles. The van der Waals surface area contributed by atoms with Gasteiger partial charge in [-0.3, -0.25) is 4.79 Å². The molecule has 2 aliphatic carbocycles. The first kappa shape index (κ1) is 15.1. The summed E-state index contributed by atoms with van der Waals surface area (Å²) in [5.41, 5.74) is 0.508. The summed E-state index contributed by atoms with van der Waals surface area (Å²) in [6, 6.07) is 0.496. The smallest absolute Gasteiger partial charge is 0.223 e. The molecule has 1 amide bonds. The highest BCUT2D eigenvalue weighted by atomic mass is 35.5. The molecule has 3 aliphatic rings. The number of hydrogen-bond donors (Lipinski definition) is 2. The molecular formula is C15H27ClN2O. The highest BCUT2D eigenvalue weighted by molar-refractivity contribution is 5.85. The lowest BCUT2D eigenvalue weighted by molar-refractivity contribution is -0.127. The van der Waals surface area contributed by atoms with Crippen LogP contribution in [0.3, 0.4) is 0 Å². The maximum absolute atomic E-state index is 12.2. The SMILES string of the molecule is C[C@H]1C[C@@H](C(=O)NCC2(C3CC3)CCC2)CCN1.Cl. The molecule has 0 aromatic rings. The molecule has 19 heavy (non-hydrogen) atoms. The topological polar surface area (TPSA) is 41.1 Å².